The Bertz CT molecular complexity index is 673. The fourth-order valence-corrected chi connectivity index (χ4v) is 2.50. The molecule has 2 N–H and O–H groups in total. The largest absolute Gasteiger partial charge is 0.355 e. The van der Waals surface area contributed by atoms with E-state index in [1.165, 1.54) is 11.3 Å². The van der Waals surface area contributed by atoms with Gasteiger partial charge in [0.25, 0.3) is 0 Å². The summed E-state index contributed by atoms with van der Waals surface area (Å²) in [7, 11) is 3.73. The molecule has 2 aromatic rings. The molecule has 0 aliphatic rings. The normalized spacial score (nSPS) is 11.3. The second-order valence-corrected chi connectivity index (χ2v) is 5.42. The van der Waals surface area contributed by atoms with Crippen LogP contribution in [0.4, 0.5) is 0 Å². The smallest absolute Gasteiger partial charge is 0.191 e. The van der Waals surface area contributed by atoms with E-state index in [1.807, 2.05) is 18.7 Å². The van der Waals surface area contributed by atoms with Crippen molar-refractivity contribution in [1.82, 2.24) is 35.2 Å². The summed E-state index contributed by atoms with van der Waals surface area (Å²) in [6, 6.07) is 0. The van der Waals surface area contributed by atoms with Gasteiger partial charge < -0.3 is 15.2 Å². The maximum atomic E-state index is 4.43. The molecule has 2 aromatic heterocycles. The molecule has 0 unspecified atom stereocenters. The molecule has 0 saturated heterocycles. The molecule has 0 radical (unpaired) electrons. The molecule has 2 rings (SSSR count). The zero-order valence-electron chi connectivity index (χ0n) is 15.0. The minimum Gasteiger partial charge on any atom is -0.355 e. The van der Waals surface area contributed by atoms with Crippen LogP contribution in [0, 0.1) is 13.8 Å². The lowest BCUT2D eigenvalue weighted by Crippen LogP contribution is -2.38. The molecule has 24 heavy (non-hydrogen) atoms. The molecule has 0 amide bonds. The Morgan fingerprint density at radius 3 is 2.62 bits per heavy atom. The van der Waals surface area contributed by atoms with Gasteiger partial charge >= 0.3 is 0 Å². The molecule has 0 atom stereocenters. The number of nitrogens with zero attached hydrogens (tertiary/aromatic N) is 6. The predicted molar refractivity (Wildman–Crippen MR) is 106 cm³/mol. The molecule has 0 saturated carbocycles. The molecule has 2 heterocycles. The molecule has 8 nitrogen and oxygen atoms in total. The van der Waals surface area contributed by atoms with Crippen LogP contribution in [-0.2, 0) is 26.6 Å². The maximum absolute atomic E-state index is 4.43. The molecule has 0 fully saturated rings. The molecule has 0 bridgehead atoms. The molecule has 0 aromatic carbocycles. The van der Waals surface area contributed by atoms with Crippen LogP contribution >= 0.6 is 24.0 Å². The molecule has 0 aliphatic carbocycles. The van der Waals surface area contributed by atoms with Crippen LogP contribution in [0.1, 0.15) is 29.7 Å². The molecule has 0 spiro atoms. The van der Waals surface area contributed by atoms with Crippen molar-refractivity contribution in [2.45, 2.75) is 40.3 Å². The van der Waals surface area contributed by atoms with E-state index in [1.54, 1.807) is 13.4 Å². The highest BCUT2D eigenvalue weighted by Crippen LogP contribution is 2.10. The Morgan fingerprint density at radius 2 is 2.04 bits per heavy atom. The van der Waals surface area contributed by atoms with Crippen molar-refractivity contribution in [3.63, 3.8) is 0 Å². The number of halogens is 1. The summed E-state index contributed by atoms with van der Waals surface area (Å²) in [4.78, 5) is 4.26. The van der Waals surface area contributed by atoms with Gasteiger partial charge in [-0.2, -0.15) is 5.10 Å². The van der Waals surface area contributed by atoms with Crippen LogP contribution in [0.3, 0.4) is 0 Å². The van der Waals surface area contributed by atoms with Crippen molar-refractivity contribution in [2.24, 2.45) is 12.0 Å². The van der Waals surface area contributed by atoms with Gasteiger partial charge in [0.2, 0.25) is 0 Å². The van der Waals surface area contributed by atoms with E-state index in [9.17, 15) is 0 Å². The number of guanidine groups is 1. The number of aliphatic imine (C=N–C) groups is 1. The molecular weight excluding hydrogens is 419 g/mol. The summed E-state index contributed by atoms with van der Waals surface area (Å²) in [5, 5.41) is 19.1. The zero-order valence-corrected chi connectivity index (χ0v) is 17.3. The highest BCUT2D eigenvalue weighted by molar-refractivity contribution is 14.0. The van der Waals surface area contributed by atoms with Crippen LogP contribution < -0.4 is 10.6 Å². The Labute approximate surface area is 160 Å². The third kappa shape index (κ3) is 4.92. The van der Waals surface area contributed by atoms with Gasteiger partial charge in [-0.3, -0.25) is 9.67 Å². The zero-order chi connectivity index (χ0) is 16.8. The van der Waals surface area contributed by atoms with Crippen LogP contribution in [-0.4, -0.2) is 44.1 Å². The molecular formula is C15H27IN8. The van der Waals surface area contributed by atoms with E-state index in [0.717, 1.165) is 37.0 Å². The van der Waals surface area contributed by atoms with E-state index in [0.29, 0.717) is 6.54 Å². The van der Waals surface area contributed by atoms with Crippen molar-refractivity contribution in [2.75, 3.05) is 13.6 Å². The van der Waals surface area contributed by atoms with Crippen LogP contribution in [0.5, 0.6) is 0 Å². The van der Waals surface area contributed by atoms with Gasteiger partial charge in [-0.1, -0.05) is 6.92 Å². The minimum absolute atomic E-state index is 0. The summed E-state index contributed by atoms with van der Waals surface area (Å²) in [6.45, 7) is 8.45. The summed E-state index contributed by atoms with van der Waals surface area (Å²) in [5.41, 5.74) is 3.43. The SMILES string of the molecule is CCc1nncn1CCNC(=NC)NCc1c(C)nn(C)c1C.I. The molecule has 9 heteroatoms. The van der Waals surface area contributed by atoms with Gasteiger partial charge in [0.05, 0.1) is 5.69 Å². The lowest BCUT2D eigenvalue weighted by Gasteiger charge is -2.13. The second kappa shape index (κ2) is 9.60. The average Bonchev–Trinajstić information content (AvgIpc) is 3.08. The van der Waals surface area contributed by atoms with Crippen molar-refractivity contribution in [3.8, 4) is 0 Å². The Balaban J connectivity index is 0.00000288. The quantitative estimate of drug-likeness (QED) is 0.396. The number of rotatable bonds is 6. The highest BCUT2D eigenvalue weighted by Gasteiger charge is 2.09. The lowest BCUT2D eigenvalue weighted by molar-refractivity contribution is 0.632. The number of nitrogens with one attached hydrogen (secondary N) is 2. The topological polar surface area (TPSA) is 84.9 Å². The molecule has 134 valence electrons. The summed E-state index contributed by atoms with van der Waals surface area (Å²) in [5.74, 6) is 1.77. The third-order valence-corrected chi connectivity index (χ3v) is 3.97. The number of hydrogen-bond donors (Lipinski definition) is 2. The van der Waals surface area contributed by atoms with Crippen molar-refractivity contribution in [1.29, 1.82) is 0 Å². The van der Waals surface area contributed by atoms with Crippen molar-refractivity contribution in [3.05, 3.63) is 29.1 Å². The minimum atomic E-state index is 0. The third-order valence-electron chi connectivity index (χ3n) is 3.97. The number of hydrogen-bond acceptors (Lipinski definition) is 4. The fourth-order valence-electron chi connectivity index (χ4n) is 2.50. The highest BCUT2D eigenvalue weighted by atomic mass is 127. The average molecular weight is 446 g/mol. The Kier molecular flexibility index (Phi) is 8.16. The van der Waals surface area contributed by atoms with Gasteiger partial charge in [0.1, 0.15) is 12.2 Å². The van der Waals surface area contributed by atoms with E-state index < -0.39 is 0 Å². The van der Waals surface area contributed by atoms with Gasteiger partial charge in [-0.15, -0.1) is 34.2 Å². The Hall–Kier alpha value is -1.65. The van der Waals surface area contributed by atoms with Gasteiger partial charge in [-0.25, -0.2) is 0 Å². The van der Waals surface area contributed by atoms with Crippen molar-refractivity contribution >= 4 is 29.9 Å². The first-order valence-corrected chi connectivity index (χ1v) is 7.87. The van der Waals surface area contributed by atoms with E-state index >= 15 is 0 Å². The summed E-state index contributed by atoms with van der Waals surface area (Å²) >= 11 is 0. The standard InChI is InChI=1S/C15H26N8.HI/c1-6-14-20-19-10-23(14)8-7-17-15(16-4)18-9-13-11(2)21-22(5)12(13)3;/h10H,6-9H2,1-5H3,(H2,16,17,18);1H. The van der Waals surface area contributed by atoms with Gasteiger partial charge in [-0.05, 0) is 13.8 Å². The van der Waals surface area contributed by atoms with E-state index in [-0.39, 0.29) is 24.0 Å². The Morgan fingerprint density at radius 1 is 1.29 bits per heavy atom. The van der Waals surface area contributed by atoms with Gasteiger partial charge in [0, 0.05) is 51.4 Å². The van der Waals surface area contributed by atoms with Crippen LogP contribution in [0.2, 0.25) is 0 Å². The lowest BCUT2D eigenvalue weighted by atomic mass is 10.2. The maximum Gasteiger partial charge on any atom is 0.191 e. The second-order valence-electron chi connectivity index (χ2n) is 5.42. The summed E-state index contributed by atoms with van der Waals surface area (Å²) in [6.07, 6.45) is 2.64. The first kappa shape index (κ1) is 20.4. The number of aromatic nitrogens is 5. The molecule has 0 aliphatic heterocycles. The number of aryl methyl sites for hydroxylation is 3. The van der Waals surface area contributed by atoms with Crippen LogP contribution in [0.15, 0.2) is 11.3 Å². The first-order valence-electron chi connectivity index (χ1n) is 7.87. The van der Waals surface area contributed by atoms with Crippen molar-refractivity contribution < 1.29 is 0 Å². The first-order chi connectivity index (χ1) is 11.1. The summed E-state index contributed by atoms with van der Waals surface area (Å²) < 4.78 is 3.95. The van der Waals surface area contributed by atoms with Gasteiger partial charge in [0.15, 0.2) is 5.96 Å². The van der Waals surface area contributed by atoms with E-state index in [4.69, 9.17) is 0 Å². The monoisotopic (exact) mass is 446 g/mol. The van der Waals surface area contributed by atoms with E-state index in [2.05, 4.69) is 49.3 Å². The fraction of sp³-hybridized carbons (Fsp3) is 0.600. The predicted octanol–water partition coefficient (Wildman–Crippen LogP) is 1.17. The van der Waals surface area contributed by atoms with Crippen LogP contribution in [0.25, 0.3) is 0 Å².